The smallest absolute Gasteiger partial charge is 0.337 e. The predicted molar refractivity (Wildman–Crippen MR) is 122 cm³/mol. The van der Waals surface area contributed by atoms with E-state index in [-0.39, 0.29) is 34.5 Å². The fourth-order valence-corrected chi connectivity index (χ4v) is 3.77. The Morgan fingerprint density at radius 3 is 2.60 bits per heavy atom. The molecule has 3 aromatic rings. The maximum absolute atomic E-state index is 13.9. The van der Waals surface area contributed by atoms with Gasteiger partial charge in [0, 0.05) is 44.4 Å². The molecule has 0 atom stereocenters. The summed E-state index contributed by atoms with van der Waals surface area (Å²) >= 11 is 0. The summed E-state index contributed by atoms with van der Waals surface area (Å²) in [7, 11) is 1.39. The highest BCUT2D eigenvalue weighted by atomic mass is 19.1. The number of nitrogens with one attached hydrogen (secondary N) is 1. The Morgan fingerprint density at radius 2 is 1.91 bits per heavy atom. The van der Waals surface area contributed by atoms with Gasteiger partial charge in [-0.1, -0.05) is 0 Å². The van der Waals surface area contributed by atoms with E-state index in [1.807, 2.05) is 4.90 Å². The first-order valence-electron chi connectivity index (χ1n) is 10.8. The number of aromatic carboxylic acids is 1. The normalized spacial score (nSPS) is 13.9. The first kappa shape index (κ1) is 23.9. The number of carboxylic acids is 1. The zero-order valence-corrected chi connectivity index (χ0v) is 18.7. The average molecular weight is 484 g/mol. The Balaban J connectivity index is 1.51. The van der Waals surface area contributed by atoms with Crippen LogP contribution in [0.2, 0.25) is 0 Å². The third kappa shape index (κ3) is 5.45. The van der Waals surface area contributed by atoms with E-state index in [9.17, 15) is 23.5 Å². The number of ether oxygens (including phenoxy) is 2. The molecule has 0 aliphatic carbocycles. The van der Waals surface area contributed by atoms with Gasteiger partial charge in [-0.3, -0.25) is 4.79 Å². The molecule has 9 nitrogen and oxygen atoms in total. The van der Waals surface area contributed by atoms with Crippen LogP contribution >= 0.6 is 0 Å². The molecular weight excluding hydrogens is 462 g/mol. The van der Waals surface area contributed by atoms with Gasteiger partial charge in [0.05, 0.1) is 18.4 Å². The summed E-state index contributed by atoms with van der Waals surface area (Å²) in [5, 5.41) is 12.1. The van der Waals surface area contributed by atoms with Crippen molar-refractivity contribution in [3.05, 3.63) is 71.6 Å². The number of carbonyl (C=O) groups is 2. The number of amides is 1. The van der Waals surface area contributed by atoms with Gasteiger partial charge in [0.15, 0.2) is 17.4 Å². The van der Waals surface area contributed by atoms with Crippen LogP contribution in [-0.4, -0.2) is 53.3 Å². The molecule has 0 unspecified atom stereocenters. The molecule has 1 aliphatic rings. The largest absolute Gasteiger partial charge is 0.487 e. The summed E-state index contributed by atoms with van der Waals surface area (Å²) < 4.78 is 37.9. The SMILES string of the molecule is COc1ncccc1C(=O)Nc1cc(C(=O)O)cnc1N1CCC(Oc2ccc(F)cc2F)CC1. The van der Waals surface area contributed by atoms with Crippen molar-refractivity contribution in [1.82, 2.24) is 9.97 Å². The molecule has 1 amide bonds. The first-order valence-corrected chi connectivity index (χ1v) is 10.8. The van der Waals surface area contributed by atoms with Gasteiger partial charge in [0.1, 0.15) is 17.5 Å². The Kier molecular flexibility index (Phi) is 7.04. The molecule has 2 aromatic heterocycles. The van der Waals surface area contributed by atoms with Gasteiger partial charge in [-0.25, -0.2) is 23.5 Å². The van der Waals surface area contributed by atoms with Crippen molar-refractivity contribution in [2.24, 2.45) is 0 Å². The van der Waals surface area contributed by atoms with Crippen LogP contribution in [0.4, 0.5) is 20.3 Å². The van der Waals surface area contributed by atoms with E-state index < -0.39 is 23.5 Å². The van der Waals surface area contributed by atoms with Crippen LogP contribution in [0.25, 0.3) is 0 Å². The molecule has 182 valence electrons. The number of halogens is 2. The van der Waals surface area contributed by atoms with E-state index in [1.54, 1.807) is 6.07 Å². The second kappa shape index (κ2) is 10.3. The lowest BCUT2D eigenvalue weighted by atomic mass is 10.1. The molecule has 1 aliphatic heterocycles. The first-order chi connectivity index (χ1) is 16.9. The number of methoxy groups -OCH3 is 1. The van der Waals surface area contributed by atoms with Crippen LogP contribution in [0.3, 0.4) is 0 Å². The fraction of sp³-hybridized carbons (Fsp3) is 0.250. The zero-order valence-electron chi connectivity index (χ0n) is 18.7. The van der Waals surface area contributed by atoms with Crippen LogP contribution in [0.5, 0.6) is 11.6 Å². The number of carbonyl (C=O) groups excluding carboxylic acids is 1. The lowest BCUT2D eigenvalue weighted by Crippen LogP contribution is -2.39. The minimum Gasteiger partial charge on any atom is -0.487 e. The number of benzene rings is 1. The number of aromatic nitrogens is 2. The molecule has 2 N–H and O–H groups in total. The molecule has 0 spiro atoms. The van der Waals surface area contributed by atoms with Crippen LogP contribution < -0.4 is 19.7 Å². The summed E-state index contributed by atoms with van der Waals surface area (Å²) in [5.74, 6) is -2.68. The molecule has 1 fully saturated rings. The molecule has 0 bridgehead atoms. The minimum atomic E-state index is -1.19. The number of anilines is 2. The van der Waals surface area contributed by atoms with E-state index in [2.05, 4.69) is 15.3 Å². The average Bonchev–Trinajstić information content (AvgIpc) is 2.86. The number of pyridine rings is 2. The van der Waals surface area contributed by atoms with E-state index in [0.29, 0.717) is 31.7 Å². The topological polar surface area (TPSA) is 114 Å². The summed E-state index contributed by atoms with van der Waals surface area (Å²) in [6.45, 7) is 0.901. The van der Waals surface area contributed by atoms with Gasteiger partial charge in [-0.15, -0.1) is 0 Å². The van der Waals surface area contributed by atoms with E-state index in [1.165, 1.54) is 37.7 Å². The summed E-state index contributed by atoms with van der Waals surface area (Å²) in [6, 6.07) is 7.61. The van der Waals surface area contributed by atoms with E-state index in [0.717, 1.165) is 12.1 Å². The zero-order chi connectivity index (χ0) is 24.9. The molecule has 35 heavy (non-hydrogen) atoms. The van der Waals surface area contributed by atoms with Gasteiger partial charge in [-0.05, 0) is 30.3 Å². The second-order valence-electron chi connectivity index (χ2n) is 7.79. The highest BCUT2D eigenvalue weighted by Gasteiger charge is 2.26. The Labute approximate surface area is 199 Å². The van der Waals surface area contributed by atoms with Crippen molar-refractivity contribution in [3.63, 3.8) is 0 Å². The summed E-state index contributed by atoms with van der Waals surface area (Å²) in [5.41, 5.74) is 0.298. The lowest BCUT2D eigenvalue weighted by Gasteiger charge is -2.34. The van der Waals surface area contributed by atoms with Crippen molar-refractivity contribution in [1.29, 1.82) is 0 Å². The predicted octanol–water partition coefficient (Wildman–Crippen LogP) is 3.76. The number of nitrogens with zero attached hydrogens (tertiary/aromatic N) is 3. The van der Waals surface area contributed by atoms with Crippen molar-refractivity contribution in [2.75, 3.05) is 30.4 Å². The van der Waals surface area contributed by atoms with Gasteiger partial charge in [-0.2, -0.15) is 0 Å². The third-order valence-corrected chi connectivity index (χ3v) is 5.50. The van der Waals surface area contributed by atoms with Gasteiger partial charge in [0.25, 0.3) is 5.91 Å². The minimum absolute atomic E-state index is 0.0212. The summed E-state index contributed by atoms with van der Waals surface area (Å²) in [4.78, 5) is 34.6. The molecule has 1 aromatic carbocycles. The third-order valence-electron chi connectivity index (χ3n) is 5.50. The molecule has 0 radical (unpaired) electrons. The number of hydrogen-bond donors (Lipinski definition) is 2. The van der Waals surface area contributed by atoms with Crippen molar-refractivity contribution < 1.29 is 33.0 Å². The highest BCUT2D eigenvalue weighted by molar-refractivity contribution is 6.07. The van der Waals surface area contributed by atoms with Crippen LogP contribution in [0.15, 0.2) is 48.8 Å². The lowest BCUT2D eigenvalue weighted by molar-refractivity contribution is 0.0696. The van der Waals surface area contributed by atoms with E-state index >= 15 is 0 Å². The quantitative estimate of drug-likeness (QED) is 0.521. The van der Waals surface area contributed by atoms with Gasteiger partial charge < -0.3 is 24.8 Å². The van der Waals surface area contributed by atoms with E-state index in [4.69, 9.17) is 9.47 Å². The molecule has 11 heteroatoms. The van der Waals surface area contributed by atoms with Gasteiger partial charge >= 0.3 is 5.97 Å². The molecule has 4 rings (SSSR count). The number of rotatable bonds is 7. The van der Waals surface area contributed by atoms with Crippen molar-refractivity contribution in [3.8, 4) is 11.6 Å². The maximum atomic E-state index is 13.9. The Hall–Kier alpha value is -4.28. The molecular formula is C24H22F2N4O5. The second-order valence-corrected chi connectivity index (χ2v) is 7.79. The summed E-state index contributed by atoms with van der Waals surface area (Å²) in [6.07, 6.45) is 3.40. The van der Waals surface area contributed by atoms with Crippen LogP contribution in [-0.2, 0) is 0 Å². The monoisotopic (exact) mass is 484 g/mol. The van der Waals surface area contributed by atoms with Crippen molar-refractivity contribution in [2.45, 2.75) is 18.9 Å². The van der Waals surface area contributed by atoms with Gasteiger partial charge in [0.2, 0.25) is 5.88 Å². The molecule has 0 saturated carbocycles. The molecule has 1 saturated heterocycles. The Morgan fingerprint density at radius 1 is 1.14 bits per heavy atom. The maximum Gasteiger partial charge on any atom is 0.337 e. The van der Waals surface area contributed by atoms with Crippen LogP contribution in [0, 0.1) is 11.6 Å². The molecule has 3 heterocycles. The van der Waals surface area contributed by atoms with Crippen LogP contribution in [0.1, 0.15) is 33.6 Å². The Bertz CT molecular complexity index is 1250. The standard InChI is InChI=1S/C24H22F2N4O5/c1-34-23-17(3-2-8-27-23)22(31)29-19-11-14(24(32)33)13-28-21(19)30-9-6-16(7-10-30)35-20-5-4-15(25)12-18(20)26/h2-5,8,11-13,16H,6-7,9-10H2,1H3,(H,29,31)(H,32,33). The number of hydrogen-bond acceptors (Lipinski definition) is 7. The fourth-order valence-electron chi connectivity index (χ4n) is 3.77. The highest BCUT2D eigenvalue weighted by Crippen LogP contribution is 2.30. The van der Waals surface area contributed by atoms with Crippen molar-refractivity contribution >= 4 is 23.4 Å². The number of piperidine rings is 1. The number of carboxylic acid groups (broad SMARTS) is 1.